The maximum Gasteiger partial charge on any atom is 0.267 e. The van der Waals surface area contributed by atoms with Crippen LogP contribution in [0, 0.1) is 6.92 Å². The summed E-state index contributed by atoms with van der Waals surface area (Å²) >= 11 is 0. The number of aryl methyl sites for hydroxylation is 1. The van der Waals surface area contributed by atoms with E-state index in [1.54, 1.807) is 6.92 Å². The van der Waals surface area contributed by atoms with Gasteiger partial charge in [0.1, 0.15) is 4.90 Å². The van der Waals surface area contributed by atoms with Crippen molar-refractivity contribution in [3.63, 3.8) is 0 Å². The largest absolute Gasteiger partial charge is 0.326 e. The van der Waals surface area contributed by atoms with E-state index in [-0.39, 0.29) is 10.9 Å². The molecule has 2 aromatic rings. The molecule has 0 aliphatic heterocycles. The molecular formula is C14H18N4O2S. The van der Waals surface area contributed by atoms with Crippen LogP contribution in [0.5, 0.6) is 0 Å². The van der Waals surface area contributed by atoms with Crippen molar-refractivity contribution in [1.29, 1.82) is 0 Å². The molecule has 6 nitrogen and oxygen atoms in total. The summed E-state index contributed by atoms with van der Waals surface area (Å²) in [7, 11) is -3.59. The summed E-state index contributed by atoms with van der Waals surface area (Å²) in [5.41, 5.74) is 7.80. The van der Waals surface area contributed by atoms with E-state index in [1.165, 1.54) is 10.5 Å². The number of hydrogen-bond acceptors (Lipinski definition) is 4. The Bertz CT molecular complexity index is 733. The van der Waals surface area contributed by atoms with Gasteiger partial charge < -0.3 is 5.73 Å². The van der Waals surface area contributed by atoms with Gasteiger partial charge in [-0.1, -0.05) is 12.1 Å². The lowest BCUT2D eigenvalue weighted by Gasteiger charge is -2.24. The van der Waals surface area contributed by atoms with Gasteiger partial charge in [-0.05, 0) is 37.5 Å². The van der Waals surface area contributed by atoms with E-state index in [0.29, 0.717) is 17.9 Å². The van der Waals surface area contributed by atoms with Crippen LogP contribution < -0.4 is 10.0 Å². The summed E-state index contributed by atoms with van der Waals surface area (Å²) < 4.78 is 27.3. The summed E-state index contributed by atoms with van der Waals surface area (Å²) in [5.74, 6) is 0. The summed E-state index contributed by atoms with van der Waals surface area (Å²) in [5, 5.41) is 6.51. The molecule has 0 bridgehead atoms. The van der Waals surface area contributed by atoms with Crippen molar-refractivity contribution in [2.24, 2.45) is 5.73 Å². The Morgan fingerprint density at radius 3 is 2.48 bits per heavy atom. The van der Waals surface area contributed by atoms with Crippen molar-refractivity contribution in [1.82, 2.24) is 10.2 Å². The second kappa shape index (κ2) is 5.16. The van der Waals surface area contributed by atoms with Gasteiger partial charge in [-0.25, -0.2) is 8.42 Å². The number of benzene rings is 1. The molecule has 1 heterocycles. The predicted molar refractivity (Wildman–Crippen MR) is 80.3 cm³/mol. The maximum absolute atomic E-state index is 12.9. The zero-order valence-electron chi connectivity index (χ0n) is 11.8. The highest BCUT2D eigenvalue weighted by molar-refractivity contribution is 7.93. The molecule has 1 aliphatic carbocycles. The first kappa shape index (κ1) is 14.1. The molecule has 3 rings (SSSR count). The Balaban J connectivity index is 2.04. The minimum Gasteiger partial charge on any atom is -0.326 e. The van der Waals surface area contributed by atoms with Crippen molar-refractivity contribution < 1.29 is 8.42 Å². The molecule has 0 spiro atoms. The van der Waals surface area contributed by atoms with E-state index in [0.717, 1.165) is 18.4 Å². The molecule has 21 heavy (non-hydrogen) atoms. The van der Waals surface area contributed by atoms with Crippen LogP contribution in [0.4, 0.5) is 5.69 Å². The van der Waals surface area contributed by atoms with E-state index in [2.05, 4.69) is 10.2 Å². The number of sulfonamides is 1. The fourth-order valence-electron chi connectivity index (χ4n) is 2.34. The van der Waals surface area contributed by atoms with Crippen LogP contribution in [-0.4, -0.2) is 24.7 Å². The van der Waals surface area contributed by atoms with Gasteiger partial charge in [0.15, 0.2) is 0 Å². The van der Waals surface area contributed by atoms with Crippen LogP contribution in [0.25, 0.3) is 0 Å². The second-order valence-electron chi connectivity index (χ2n) is 5.26. The molecule has 1 fully saturated rings. The fourth-order valence-corrected chi connectivity index (χ4v) is 4.17. The van der Waals surface area contributed by atoms with Crippen molar-refractivity contribution in [2.45, 2.75) is 37.2 Å². The van der Waals surface area contributed by atoms with Gasteiger partial charge in [-0.3, -0.25) is 9.40 Å². The van der Waals surface area contributed by atoms with Crippen molar-refractivity contribution in [3.05, 3.63) is 41.7 Å². The van der Waals surface area contributed by atoms with Crippen molar-refractivity contribution in [3.8, 4) is 0 Å². The lowest BCUT2D eigenvalue weighted by atomic mass is 10.2. The Hall–Kier alpha value is -1.86. The molecule has 112 valence electrons. The Morgan fingerprint density at radius 2 is 2.00 bits per heavy atom. The number of aromatic nitrogens is 2. The van der Waals surface area contributed by atoms with Crippen LogP contribution >= 0.6 is 0 Å². The van der Waals surface area contributed by atoms with E-state index in [4.69, 9.17) is 5.73 Å². The lowest BCUT2D eigenvalue weighted by molar-refractivity contribution is 0.589. The van der Waals surface area contributed by atoms with Gasteiger partial charge >= 0.3 is 0 Å². The minimum atomic E-state index is -3.59. The van der Waals surface area contributed by atoms with Gasteiger partial charge in [-0.15, -0.1) is 0 Å². The predicted octanol–water partition coefficient (Wildman–Crippen LogP) is 1.53. The Labute approximate surface area is 124 Å². The topological polar surface area (TPSA) is 92.1 Å². The average Bonchev–Trinajstić information content (AvgIpc) is 3.19. The third-order valence-corrected chi connectivity index (χ3v) is 5.62. The first-order chi connectivity index (χ1) is 10.0. The van der Waals surface area contributed by atoms with Gasteiger partial charge in [0, 0.05) is 12.6 Å². The van der Waals surface area contributed by atoms with Crippen LogP contribution in [0.15, 0.2) is 35.4 Å². The van der Waals surface area contributed by atoms with Crippen molar-refractivity contribution >= 4 is 15.7 Å². The number of H-pyrrole nitrogens is 1. The van der Waals surface area contributed by atoms with E-state index in [1.807, 2.05) is 24.3 Å². The molecule has 0 atom stereocenters. The standard InChI is InChI=1S/C14H18N4O2S/c1-10-14(9-16-17-10)21(19,20)18(13-6-7-13)12-4-2-11(8-15)3-5-12/h2-5,9,13H,6-8,15H2,1H3,(H,16,17). The molecule has 1 saturated carbocycles. The van der Waals surface area contributed by atoms with Crippen LogP contribution in [0.3, 0.4) is 0 Å². The molecular weight excluding hydrogens is 288 g/mol. The third kappa shape index (κ3) is 2.54. The molecule has 0 radical (unpaired) electrons. The number of rotatable bonds is 5. The van der Waals surface area contributed by atoms with Gasteiger partial charge in [0.05, 0.1) is 17.6 Å². The van der Waals surface area contributed by atoms with Crippen LogP contribution in [-0.2, 0) is 16.6 Å². The van der Waals surface area contributed by atoms with Gasteiger partial charge in [-0.2, -0.15) is 5.10 Å². The Kier molecular flexibility index (Phi) is 3.46. The van der Waals surface area contributed by atoms with E-state index < -0.39 is 10.0 Å². The average molecular weight is 306 g/mol. The molecule has 0 saturated heterocycles. The number of aromatic amines is 1. The molecule has 1 aromatic heterocycles. The smallest absolute Gasteiger partial charge is 0.267 e. The first-order valence-electron chi connectivity index (χ1n) is 6.87. The first-order valence-corrected chi connectivity index (χ1v) is 8.31. The number of nitrogens with zero attached hydrogens (tertiary/aromatic N) is 2. The summed E-state index contributed by atoms with van der Waals surface area (Å²) in [6.45, 7) is 2.15. The summed E-state index contributed by atoms with van der Waals surface area (Å²) in [6, 6.07) is 7.39. The normalized spacial score (nSPS) is 15.1. The molecule has 0 unspecified atom stereocenters. The van der Waals surface area contributed by atoms with Crippen LogP contribution in [0.1, 0.15) is 24.1 Å². The van der Waals surface area contributed by atoms with E-state index in [9.17, 15) is 8.42 Å². The fraction of sp³-hybridized carbons (Fsp3) is 0.357. The minimum absolute atomic E-state index is 0.0352. The van der Waals surface area contributed by atoms with E-state index >= 15 is 0 Å². The van der Waals surface area contributed by atoms with Crippen LogP contribution in [0.2, 0.25) is 0 Å². The highest BCUT2D eigenvalue weighted by Crippen LogP contribution is 2.36. The number of nitrogens with one attached hydrogen (secondary N) is 1. The maximum atomic E-state index is 12.9. The third-order valence-electron chi connectivity index (χ3n) is 3.63. The molecule has 0 amide bonds. The van der Waals surface area contributed by atoms with Crippen molar-refractivity contribution in [2.75, 3.05) is 4.31 Å². The highest BCUT2D eigenvalue weighted by Gasteiger charge is 2.39. The SMILES string of the molecule is Cc1[nH]ncc1S(=O)(=O)N(c1ccc(CN)cc1)C1CC1. The molecule has 7 heteroatoms. The Morgan fingerprint density at radius 1 is 1.33 bits per heavy atom. The number of nitrogens with two attached hydrogens (primary N) is 1. The second-order valence-corrected chi connectivity index (χ2v) is 7.05. The number of hydrogen-bond donors (Lipinski definition) is 2. The summed E-state index contributed by atoms with van der Waals surface area (Å²) in [4.78, 5) is 0.234. The van der Waals surface area contributed by atoms with Gasteiger partial charge in [0.2, 0.25) is 0 Å². The quantitative estimate of drug-likeness (QED) is 0.876. The lowest BCUT2D eigenvalue weighted by Crippen LogP contribution is -2.33. The zero-order chi connectivity index (χ0) is 15.0. The monoisotopic (exact) mass is 306 g/mol. The molecule has 1 aliphatic rings. The number of anilines is 1. The molecule has 3 N–H and O–H groups in total. The highest BCUT2D eigenvalue weighted by atomic mass is 32.2. The molecule has 1 aromatic carbocycles. The van der Waals surface area contributed by atoms with Gasteiger partial charge in [0.25, 0.3) is 10.0 Å². The summed E-state index contributed by atoms with van der Waals surface area (Å²) in [6.07, 6.45) is 3.14. The zero-order valence-corrected chi connectivity index (χ0v) is 12.6.